The van der Waals surface area contributed by atoms with Crippen molar-refractivity contribution in [3.8, 4) is 0 Å². The highest BCUT2D eigenvalue weighted by atomic mass is 16.4. The van der Waals surface area contributed by atoms with Crippen molar-refractivity contribution in [3.63, 3.8) is 0 Å². The van der Waals surface area contributed by atoms with Crippen LogP contribution in [0.25, 0.3) is 0 Å². The molecule has 18 amide bonds. The number of unbranched alkanes of at least 4 members (excludes halogenated alkanes) is 3. The van der Waals surface area contributed by atoms with Gasteiger partial charge in [-0.15, -0.1) is 0 Å². The minimum absolute atomic E-state index is 0.0338. The molecule has 0 saturated carbocycles. The molecule has 2 aromatic rings. The van der Waals surface area contributed by atoms with Crippen molar-refractivity contribution in [1.82, 2.24) is 110 Å². The summed E-state index contributed by atoms with van der Waals surface area (Å²) in [5, 5.41) is 60.3. The van der Waals surface area contributed by atoms with Crippen molar-refractivity contribution >= 4 is 118 Å². The Hall–Kier alpha value is -12.3. The van der Waals surface area contributed by atoms with E-state index >= 15 is 0 Å². The monoisotopic (exact) mass is 1690 g/mol. The van der Waals surface area contributed by atoms with Crippen LogP contribution < -0.4 is 113 Å². The second kappa shape index (κ2) is 53.1. The first kappa shape index (κ1) is 103. The molecule has 47 nitrogen and oxygen atoms in total. The quantitative estimate of drug-likeness (QED) is 0.0274. The zero-order valence-corrected chi connectivity index (χ0v) is 68.6. The van der Waals surface area contributed by atoms with Crippen LogP contribution in [0.2, 0.25) is 0 Å². The van der Waals surface area contributed by atoms with Gasteiger partial charge in [0, 0.05) is 56.4 Å². The highest BCUT2D eigenvalue weighted by molar-refractivity contribution is 6.01. The highest BCUT2D eigenvalue weighted by Gasteiger charge is 2.37. The summed E-state index contributed by atoms with van der Waals surface area (Å²) < 4.78 is 0. The molecule has 664 valence electrons. The van der Waals surface area contributed by atoms with Crippen LogP contribution in [0.1, 0.15) is 171 Å². The molecule has 47 heteroatoms. The van der Waals surface area contributed by atoms with E-state index in [0.717, 1.165) is 6.92 Å². The van der Waals surface area contributed by atoms with E-state index in [4.69, 9.17) is 22.9 Å². The summed E-state index contributed by atoms with van der Waals surface area (Å²) in [6.07, 6.45) is 4.74. The average molecular weight is 1690 g/mol. The van der Waals surface area contributed by atoms with Crippen LogP contribution >= 0.6 is 0 Å². The Kier molecular flexibility index (Phi) is 45.9. The summed E-state index contributed by atoms with van der Waals surface area (Å²) in [5.41, 5.74) is 23.3. The minimum atomic E-state index is -1.68. The molecule has 17 atom stereocenters. The lowest BCUT2D eigenvalue weighted by Gasteiger charge is -2.26. The summed E-state index contributed by atoms with van der Waals surface area (Å²) in [5.74, 6) is -18.8. The molecule has 2 aromatic heterocycles. The number of aliphatic carboxylic acids is 2. The molecule has 0 bridgehead atoms. The number of aromatic nitrogens is 4. The summed E-state index contributed by atoms with van der Waals surface area (Å²) in [6, 6.07) is -23.6. The van der Waals surface area contributed by atoms with E-state index in [9.17, 15) is 106 Å². The average Bonchev–Trinajstić information content (AvgIpc) is 1.68. The van der Waals surface area contributed by atoms with E-state index in [1.807, 2.05) is 0 Å². The van der Waals surface area contributed by atoms with Crippen molar-refractivity contribution < 1.29 is 106 Å². The number of aromatic amines is 2. The maximum atomic E-state index is 14.0. The predicted molar refractivity (Wildman–Crippen MR) is 421 cm³/mol. The lowest BCUT2D eigenvalue weighted by Crippen LogP contribution is -2.60. The molecule has 0 radical (unpaired) electrons. The van der Waals surface area contributed by atoms with Gasteiger partial charge < -0.3 is 134 Å². The summed E-state index contributed by atoms with van der Waals surface area (Å²) in [4.78, 5) is 278. The Balaban J connectivity index is 2.17. The zero-order chi connectivity index (χ0) is 89.9. The number of primary amides is 1. The van der Waals surface area contributed by atoms with Gasteiger partial charge in [-0.05, 0) is 160 Å². The van der Waals surface area contributed by atoms with E-state index in [-0.39, 0.29) is 64.6 Å². The third-order valence-corrected chi connectivity index (χ3v) is 18.1. The van der Waals surface area contributed by atoms with Crippen LogP contribution in [0, 0.1) is 0 Å². The van der Waals surface area contributed by atoms with E-state index < -0.39 is 247 Å². The van der Waals surface area contributed by atoms with Gasteiger partial charge >= 0.3 is 11.9 Å². The molecule has 0 aliphatic carbocycles. The van der Waals surface area contributed by atoms with Crippen LogP contribution in [-0.2, 0) is 109 Å². The number of hydrogen-bond acceptors (Lipinski definition) is 25. The molecular formula is C72H119N25O22. The van der Waals surface area contributed by atoms with Crippen LogP contribution in [0.3, 0.4) is 0 Å². The molecule has 0 aliphatic heterocycles. The van der Waals surface area contributed by atoms with Gasteiger partial charge in [-0.1, -0.05) is 0 Å². The van der Waals surface area contributed by atoms with E-state index in [2.05, 4.69) is 110 Å². The van der Waals surface area contributed by atoms with Gasteiger partial charge in [0.2, 0.25) is 106 Å². The number of carbonyl (C=O) groups excluding carboxylic acids is 18. The number of carbonyl (C=O) groups is 20. The van der Waals surface area contributed by atoms with Gasteiger partial charge in [0.15, 0.2) is 0 Å². The van der Waals surface area contributed by atoms with E-state index in [1.165, 1.54) is 94.3 Å². The maximum absolute atomic E-state index is 14.0. The molecule has 0 spiro atoms. The minimum Gasteiger partial charge on any atom is -0.481 e. The molecule has 0 saturated heterocycles. The number of imidazole rings is 2. The standard InChI is InChI=1S/C72H119N25O22/c1-34(56(76)103)82-71(118)53(29-46-31-78-33-80-46)97-70(117)49(20-14-17-27-75)93-64(111)43(10)90-72(119)52(28-45-30-77-32-79-45)96-65(112)42(9)86-59(106)37(4)87-66(113)47(18-12-15-25-73)91-62(109)40(7)85-60(107)39(6)89-68(115)51(22-24-55(101)102)95-69(116)48(19-13-16-26-74)92-63(110)41(8)84-57(104)36(3)83-58(105)38(5)88-67(114)50(21-23-54(99)100)94-61(108)35(2)81-44(11)98/h30-43,47-53H,12-29,73-75H2,1-11H3,(H2,76,103)(H,77,79)(H,78,80)(H,81,98)(H,82,118)(H,83,105)(H,84,104)(H,85,107)(H,86,106)(H,87,113)(H,88,114)(H,89,115)(H,90,119)(H,91,109)(H,92,110)(H,93,111)(H,94,108)(H,95,116)(H,96,112)(H,97,117)(H,99,100)(H,101,102)/t34-,35-,36-,37-,38-,39-,40-,41-,42-,43-,47-,48-,49-,50-,51-,52-,53-/m0/s1. The van der Waals surface area contributed by atoms with Crippen molar-refractivity contribution in [1.29, 1.82) is 0 Å². The first-order chi connectivity index (χ1) is 55.9. The maximum Gasteiger partial charge on any atom is 0.303 e. The first-order valence-corrected chi connectivity index (χ1v) is 38.8. The van der Waals surface area contributed by atoms with Gasteiger partial charge in [0.25, 0.3) is 0 Å². The van der Waals surface area contributed by atoms with E-state index in [1.54, 1.807) is 0 Å². The number of nitrogens with two attached hydrogens (primary N) is 4. The second-order valence-corrected chi connectivity index (χ2v) is 28.6. The normalized spacial score (nSPS) is 15.3. The van der Waals surface area contributed by atoms with Crippen LogP contribution in [0.5, 0.6) is 0 Å². The molecule has 0 aromatic carbocycles. The molecule has 119 heavy (non-hydrogen) atoms. The Labute approximate surface area is 686 Å². The Bertz CT molecular complexity index is 3790. The Morgan fingerprint density at radius 3 is 0.731 bits per heavy atom. The first-order valence-electron chi connectivity index (χ1n) is 38.8. The zero-order valence-electron chi connectivity index (χ0n) is 68.6. The summed E-state index contributed by atoms with van der Waals surface area (Å²) >= 11 is 0. The van der Waals surface area contributed by atoms with Crippen LogP contribution in [0.15, 0.2) is 25.0 Å². The van der Waals surface area contributed by atoms with Gasteiger partial charge in [0.1, 0.15) is 103 Å². The SMILES string of the molecule is CC(=O)N[C@@H](C)C(=O)N[C@@H](CCC(=O)O)C(=O)N[C@@H](C)C(=O)N[C@@H](C)C(=O)N[C@@H](C)C(=O)N[C@@H](CCCCN)C(=O)N[C@@H](CCC(=O)O)C(=O)N[C@@H](C)C(=O)N[C@@H](C)C(=O)N[C@@H](CCCCN)C(=O)N[C@@H](C)C(=O)N[C@@H](C)C(=O)N[C@@H](Cc1cnc[nH]1)C(=O)N[C@@H](C)C(=O)N[C@@H](CCCCN)C(=O)N[C@@H](Cc1cnc[nH]1)C(=O)N[C@@H](C)C(N)=O. The fraction of sp³-hybridized carbons (Fsp3) is 0.639. The van der Waals surface area contributed by atoms with Gasteiger partial charge in [0.05, 0.1) is 12.7 Å². The van der Waals surface area contributed by atoms with Gasteiger partial charge in [-0.2, -0.15) is 0 Å². The Morgan fingerprint density at radius 2 is 0.496 bits per heavy atom. The largest absolute Gasteiger partial charge is 0.481 e. The molecular weight excluding hydrogens is 1570 g/mol. The number of carboxylic acid groups (broad SMARTS) is 2. The number of carboxylic acids is 2. The number of amides is 18. The van der Waals surface area contributed by atoms with Crippen molar-refractivity contribution in [2.24, 2.45) is 22.9 Å². The molecule has 0 aliphatic rings. The van der Waals surface area contributed by atoms with Crippen LogP contribution in [0.4, 0.5) is 0 Å². The summed E-state index contributed by atoms with van der Waals surface area (Å²) in [6.45, 7) is 14.3. The fourth-order valence-electron chi connectivity index (χ4n) is 10.9. The molecule has 29 N–H and O–H groups in total. The van der Waals surface area contributed by atoms with Gasteiger partial charge in [-0.25, -0.2) is 9.97 Å². The number of nitrogens with one attached hydrogen (secondary N) is 19. The molecule has 2 heterocycles. The molecule has 0 fully saturated rings. The van der Waals surface area contributed by atoms with Crippen LogP contribution in [-0.4, -0.2) is 271 Å². The third-order valence-electron chi connectivity index (χ3n) is 18.1. The number of hydrogen-bond donors (Lipinski definition) is 25. The fourth-order valence-corrected chi connectivity index (χ4v) is 10.9. The number of H-pyrrole nitrogens is 2. The number of rotatable bonds is 56. The van der Waals surface area contributed by atoms with Crippen molar-refractivity contribution in [2.75, 3.05) is 19.6 Å². The third kappa shape index (κ3) is 39.0. The second-order valence-electron chi connectivity index (χ2n) is 28.6. The smallest absolute Gasteiger partial charge is 0.303 e. The topological polar surface area (TPSA) is 748 Å². The molecule has 0 unspecified atom stereocenters. The van der Waals surface area contributed by atoms with Crippen molar-refractivity contribution in [2.45, 2.75) is 275 Å². The Morgan fingerprint density at radius 1 is 0.294 bits per heavy atom. The lowest BCUT2D eigenvalue weighted by atomic mass is 10.1. The molecule has 2 rings (SSSR count). The highest BCUT2D eigenvalue weighted by Crippen LogP contribution is 2.11. The van der Waals surface area contributed by atoms with Crippen molar-refractivity contribution in [3.05, 3.63) is 36.4 Å². The van der Waals surface area contributed by atoms with Gasteiger partial charge in [-0.3, -0.25) is 95.9 Å². The number of nitrogens with zero attached hydrogens (tertiary/aromatic N) is 2. The lowest BCUT2D eigenvalue weighted by molar-refractivity contribution is -0.139. The van der Waals surface area contributed by atoms with E-state index in [0.29, 0.717) is 37.1 Å². The predicted octanol–water partition coefficient (Wildman–Crippen LogP) is -9.02. The summed E-state index contributed by atoms with van der Waals surface area (Å²) in [7, 11) is 0.